The second-order valence-electron chi connectivity index (χ2n) is 5.47. The van der Waals surface area contributed by atoms with Gasteiger partial charge in [0.1, 0.15) is 0 Å². The lowest BCUT2D eigenvalue weighted by atomic mass is 10.1. The highest BCUT2D eigenvalue weighted by molar-refractivity contribution is 5.77. The number of imidazole rings is 1. The second kappa shape index (κ2) is 5.10. The zero-order valence-corrected chi connectivity index (χ0v) is 12.3. The van der Waals surface area contributed by atoms with Crippen molar-refractivity contribution in [3.8, 4) is 5.95 Å². The average molecular weight is 299 g/mol. The topological polar surface area (TPSA) is 77.9 Å². The molecule has 1 aromatic carbocycles. The average Bonchev–Trinajstić information content (AvgIpc) is 3.25. The van der Waals surface area contributed by atoms with Gasteiger partial charge >= 0.3 is 5.69 Å². The summed E-state index contributed by atoms with van der Waals surface area (Å²) in [7, 11) is 0. The minimum Gasteiger partial charge on any atom is -0.337 e. The number of benzene rings is 1. The van der Waals surface area contributed by atoms with Crippen molar-refractivity contribution < 1.29 is 4.52 Å². The maximum atomic E-state index is 12.6. The largest absolute Gasteiger partial charge is 0.337 e. The van der Waals surface area contributed by atoms with Gasteiger partial charge in [0.25, 0.3) is 5.95 Å². The van der Waals surface area contributed by atoms with Crippen molar-refractivity contribution in [2.75, 3.05) is 13.1 Å². The molecule has 2 aromatic heterocycles. The van der Waals surface area contributed by atoms with Crippen molar-refractivity contribution in [2.24, 2.45) is 0 Å². The number of hydrogen-bond donors (Lipinski definition) is 1. The lowest BCUT2D eigenvalue weighted by Crippen LogP contribution is -2.23. The Labute approximate surface area is 126 Å². The number of nitrogens with zero attached hydrogens (tertiary/aromatic N) is 4. The van der Waals surface area contributed by atoms with Crippen LogP contribution in [0.5, 0.6) is 0 Å². The van der Waals surface area contributed by atoms with Gasteiger partial charge in [0.2, 0.25) is 5.89 Å². The molecule has 7 nitrogen and oxygen atoms in total. The molecule has 0 saturated carbocycles. The normalized spacial score (nSPS) is 18.3. The van der Waals surface area contributed by atoms with Crippen LogP contribution in [-0.2, 0) is 6.54 Å². The van der Waals surface area contributed by atoms with Crippen LogP contribution in [0, 0.1) is 0 Å². The highest BCUT2D eigenvalue weighted by Crippen LogP contribution is 2.22. The van der Waals surface area contributed by atoms with E-state index in [1.807, 2.05) is 31.2 Å². The molecule has 0 aliphatic carbocycles. The third-order valence-electron chi connectivity index (χ3n) is 4.19. The molecular formula is C15H17N5O2. The Morgan fingerprint density at radius 1 is 1.36 bits per heavy atom. The van der Waals surface area contributed by atoms with Crippen molar-refractivity contribution in [3.63, 3.8) is 0 Å². The number of para-hydroxylation sites is 2. The van der Waals surface area contributed by atoms with Crippen molar-refractivity contribution >= 4 is 11.0 Å². The third kappa shape index (κ3) is 1.89. The summed E-state index contributed by atoms with van der Waals surface area (Å²) in [6.45, 7) is 4.35. The summed E-state index contributed by atoms with van der Waals surface area (Å²) in [5, 5.41) is 7.30. The summed E-state index contributed by atoms with van der Waals surface area (Å²) in [4.78, 5) is 17.1. The SMILES string of the molecule is CCn1c(=O)n(-c2noc(C3CCNC3)n2)c2ccccc21. The molecule has 4 rings (SSSR count). The van der Waals surface area contributed by atoms with Crippen LogP contribution in [0.25, 0.3) is 17.0 Å². The van der Waals surface area contributed by atoms with Crippen LogP contribution in [0.15, 0.2) is 33.6 Å². The smallest absolute Gasteiger partial charge is 0.336 e. The fourth-order valence-corrected chi connectivity index (χ4v) is 3.06. The van der Waals surface area contributed by atoms with E-state index in [0.717, 1.165) is 30.5 Å². The molecule has 1 aliphatic rings. The van der Waals surface area contributed by atoms with E-state index in [0.29, 0.717) is 18.4 Å². The molecule has 1 aliphatic heterocycles. The Morgan fingerprint density at radius 3 is 2.91 bits per heavy atom. The standard InChI is InChI=1S/C15H17N5O2/c1-2-19-11-5-3-4-6-12(11)20(15(19)21)14-17-13(22-18-14)10-7-8-16-9-10/h3-6,10,16H,2,7-9H2,1H3. The second-order valence-corrected chi connectivity index (χ2v) is 5.47. The molecule has 1 atom stereocenters. The molecule has 3 aromatic rings. The Bertz CT molecular complexity index is 870. The monoisotopic (exact) mass is 299 g/mol. The van der Waals surface area contributed by atoms with E-state index in [9.17, 15) is 4.79 Å². The number of rotatable bonds is 3. The molecule has 0 radical (unpaired) electrons. The molecule has 1 N–H and O–H groups in total. The van der Waals surface area contributed by atoms with E-state index in [4.69, 9.17) is 4.52 Å². The van der Waals surface area contributed by atoms with Crippen molar-refractivity contribution in [2.45, 2.75) is 25.8 Å². The summed E-state index contributed by atoms with van der Waals surface area (Å²) in [6, 6.07) is 7.65. The molecule has 0 bridgehead atoms. The lowest BCUT2D eigenvalue weighted by Gasteiger charge is -1.98. The molecule has 3 heterocycles. The summed E-state index contributed by atoms with van der Waals surface area (Å²) in [5.41, 5.74) is 1.54. The molecule has 0 spiro atoms. The first-order chi connectivity index (χ1) is 10.8. The van der Waals surface area contributed by atoms with Crippen molar-refractivity contribution in [1.82, 2.24) is 24.6 Å². The maximum Gasteiger partial charge on any atom is 0.336 e. The number of hydrogen-bond acceptors (Lipinski definition) is 5. The summed E-state index contributed by atoms with van der Waals surface area (Å²) >= 11 is 0. The van der Waals surface area contributed by atoms with Gasteiger partial charge in [-0.2, -0.15) is 4.98 Å². The Balaban J connectivity index is 1.87. The fraction of sp³-hybridized carbons (Fsp3) is 0.400. The molecule has 1 unspecified atom stereocenters. The van der Waals surface area contributed by atoms with Crippen LogP contribution in [0.3, 0.4) is 0 Å². The van der Waals surface area contributed by atoms with E-state index in [-0.39, 0.29) is 11.6 Å². The van der Waals surface area contributed by atoms with Crippen LogP contribution in [0.1, 0.15) is 25.2 Å². The van der Waals surface area contributed by atoms with Gasteiger partial charge in [-0.25, -0.2) is 9.36 Å². The maximum absolute atomic E-state index is 12.6. The molecule has 0 amide bonds. The Kier molecular flexibility index (Phi) is 3.07. The van der Waals surface area contributed by atoms with E-state index in [1.165, 1.54) is 4.57 Å². The van der Waals surface area contributed by atoms with Crippen LogP contribution in [0.2, 0.25) is 0 Å². The van der Waals surface area contributed by atoms with E-state index >= 15 is 0 Å². The molecule has 7 heteroatoms. The molecule has 22 heavy (non-hydrogen) atoms. The van der Waals surface area contributed by atoms with Gasteiger partial charge in [0.15, 0.2) is 0 Å². The van der Waals surface area contributed by atoms with E-state index < -0.39 is 0 Å². The summed E-state index contributed by atoms with van der Waals surface area (Å²) in [5.74, 6) is 1.15. The first kappa shape index (κ1) is 13.3. The van der Waals surface area contributed by atoms with Crippen LogP contribution in [0.4, 0.5) is 0 Å². The molecule has 114 valence electrons. The van der Waals surface area contributed by atoms with Gasteiger partial charge in [0, 0.05) is 13.1 Å². The molecule has 1 fully saturated rings. The summed E-state index contributed by atoms with van der Waals surface area (Å²) in [6.07, 6.45) is 0.979. The number of aryl methyl sites for hydroxylation is 1. The van der Waals surface area contributed by atoms with Crippen LogP contribution >= 0.6 is 0 Å². The van der Waals surface area contributed by atoms with Gasteiger partial charge in [0.05, 0.1) is 17.0 Å². The number of nitrogens with one attached hydrogen (secondary N) is 1. The highest BCUT2D eigenvalue weighted by Gasteiger charge is 2.24. The summed E-state index contributed by atoms with van der Waals surface area (Å²) < 4.78 is 8.61. The first-order valence-corrected chi connectivity index (χ1v) is 7.54. The van der Waals surface area contributed by atoms with E-state index in [1.54, 1.807) is 4.57 Å². The van der Waals surface area contributed by atoms with Crippen molar-refractivity contribution in [1.29, 1.82) is 0 Å². The third-order valence-corrected chi connectivity index (χ3v) is 4.19. The highest BCUT2D eigenvalue weighted by atomic mass is 16.5. The number of aromatic nitrogens is 4. The predicted molar refractivity (Wildman–Crippen MR) is 81.3 cm³/mol. The van der Waals surface area contributed by atoms with Crippen LogP contribution in [-0.4, -0.2) is 32.4 Å². The van der Waals surface area contributed by atoms with Gasteiger partial charge in [-0.15, -0.1) is 0 Å². The van der Waals surface area contributed by atoms with Gasteiger partial charge in [-0.1, -0.05) is 12.1 Å². The first-order valence-electron chi connectivity index (χ1n) is 7.54. The zero-order valence-electron chi connectivity index (χ0n) is 12.3. The molecular weight excluding hydrogens is 282 g/mol. The number of fused-ring (bicyclic) bond motifs is 1. The van der Waals surface area contributed by atoms with Crippen molar-refractivity contribution in [3.05, 3.63) is 40.6 Å². The van der Waals surface area contributed by atoms with Gasteiger partial charge in [-0.05, 0) is 37.2 Å². The predicted octanol–water partition coefficient (Wildman–Crippen LogP) is 1.27. The Hall–Kier alpha value is -2.41. The lowest BCUT2D eigenvalue weighted by molar-refractivity contribution is 0.357. The van der Waals surface area contributed by atoms with E-state index in [2.05, 4.69) is 15.5 Å². The quantitative estimate of drug-likeness (QED) is 0.788. The minimum absolute atomic E-state index is 0.138. The Morgan fingerprint density at radius 2 is 2.18 bits per heavy atom. The molecule has 1 saturated heterocycles. The van der Waals surface area contributed by atoms with Crippen LogP contribution < -0.4 is 11.0 Å². The van der Waals surface area contributed by atoms with Gasteiger partial charge < -0.3 is 9.84 Å². The minimum atomic E-state index is -0.138. The van der Waals surface area contributed by atoms with Gasteiger partial charge in [-0.3, -0.25) is 4.57 Å². The zero-order chi connectivity index (χ0) is 15.1. The fourth-order valence-electron chi connectivity index (χ4n) is 3.06.